The van der Waals surface area contributed by atoms with Gasteiger partial charge in [-0.2, -0.15) is 4.39 Å². The van der Waals surface area contributed by atoms with Crippen LogP contribution in [0.15, 0.2) is 12.4 Å². The fourth-order valence-corrected chi connectivity index (χ4v) is 1.90. The van der Waals surface area contributed by atoms with Crippen LogP contribution in [0.5, 0.6) is 0 Å². The number of aliphatic hydroxyl groups is 1. The third kappa shape index (κ3) is 2.62. The topological polar surface area (TPSA) is 58.0 Å². The molecule has 1 aromatic heterocycles. The van der Waals surface area contributed by atoms with Crippen molar-refractivity contribution in [1.82, 2.24) is 9.97 Å². The van der Waals surface area contributed by atoms with Crippen LogP contribution in [0.3, 0.4) is 0 Å². The average molecular weight is 211 g/mol. The van der Waals surface area contributed by atoms with Gasteiger partial charge in [-0.1, -0.05) is 12.8 Å². The summed E-state index contributed by atoms with van der Waals surface area (Å²) in [5, 5.41) is 12.9. The van der Waals surface area contributed by atoms with Crippen molar-refractivity contribution >= 4 is 5.82 Å². The number of nitrogens with one attached hydrogen (secondary N) is 1. The number of anilines is 1. The van der Waals surface area contributed by atoms with E-state index in [-0.39, 0.29) is 0 Å². The van der Waals surface area contributed by atoms with Crippen molar-refractivity contribution < 1.29 is 9.50 Å². The van der Waals surface area contributed by atoms with Gasteiger partial charge in [0.2, 0.25) is 5.95 Å². The first kappa shape index (κ1) is 10.3. The van der Waals surface area contributed by atoms with E-state index in [9.17, 15) is 9.50 Å². The highest BCUT2D eigenvalue weighted by molar-refractivity contribution is 5.32. The zero-order chi connectivity index (χ0) is 10.7. The average Bonchev–Trinajstić information content (AvgIpc) is 2.63. The highest BCUT2D eigenvalue weighted by Crippen LogP contribution is 2.29. The van der Waals surface area contributed by atoms with Gasteiger partial charge in [0.15, 0.2) is 0 Å². The lowest BCUT2D eigenvalue weighted by atomic mass is 10.0. The van der Waals surface area contributed by atoms with Gasteiger partial charge in [-0.05, 0) is 12.8 Å². The number of nitrogens with zero attached hydrogens (tertiary/aromatic N) is 2. The van der Waals surface area contributed by atoms with Gasteiger partial charge in [-0.3, -0.25) is 0 Å². The summed E-state index contributed by atoms with van der Waals surface area (Å²) < 4.78 is 12.7. The number of halogens is 1. The summed E-state index contributed by atoms with van der Waals surface area (Å²) in [5.74, 6) is -0.145. The molecule has 0 aromatic carbocycles. The van der Waals surface area contributed by atoms with Gasteiger partial charge in [0, 0.05) is 12.6 Å². The molecule has 1 aromatic rings. The highest BCUT2D eigenvalue weighted by Gasteiger charge is 2.30. The molecule has 0 amide bonds. The zero-order valence-corrected chi connectivity index (χ0v) is 8.41. The first-order chi connectivity index (χ1) is 7.18. The van der Waals surface area contributed by atoms with Crippen molar-refractivity contribution in [3.05, 3.63) is 18.3 Å². The first-order valence-electron chi connectivity index (χ1n) is 5.12. The molecule has 0 saturated heterocycles. The van der Waals surface area contributed by atoms with Crippen molar-refractivity contribution in [2.45, 2.75) is 31.3 Å². The molecule has 5 heteroatoms. The maximum Gasteiger partial charge on any atom is 0.217 e. The molecule has 15 heavy (non-hydrogen) atoms. The molecule has 82 valence electrons. The summed E-state index contributed by atoms with van der Waals surface area (Å²) in [5.41, 5.74) is -0.651. The Morgan fingerprint density at radius 1 is 1.40 bits per heavy atom. The van der Waals surface area contributed by atoms with Crippen LogP contribution in [-0.2, 0) is 0 Å². The van der Waals surface area contributed by atoms with E-state index in [0.717, 1.165) is 32.0 Å². The van der Waals surface area contributed by atoms with Crippen LogP contribution in [-0.4, -0.2) is 27.2 Å². The van der Waals surface area contributed by atoms with E-state index >= 15 is 0 Å². The second-order valence-electron chi connectivity index (χ2n) is 4.01. The third-order valence-electron chi connectivity index (χ3n) is 2.77. The summed E-state index contributed by atoms with van der Waals surface area (Å²) in [4.78, 5) is 7.21. The lowest BCUT2D eigenvalue weighted by Crippen LogP contribution is -2.33. The molecular weight excluding hydrogens is 197 g/mol. The zero-order valence-electron chi connectivity index (χ0n) is 8.41. The second kappa shape index (κ2) is 4.10. The standard InChI is InChI=1S/C10H14FN3O/c11-8-5-9(14-7-13-8)12-6-10(15)3-1-2-4-10/h5,7,15H,1-4,6H2,(H,12,13,14). The van der Waals surface area contributed by atoms with Crippen LogP contribution in [0.4, 0.5) is 10.2 Å². The molecule has 0 aliphatic heterocycles. The summed E-state index contributed by atoms with van der Waals surface area (Å²) in [6.07, 6.45) is 4.87. The van der Waals surface area contributed by atoms with E-state index in [2.05, 4.69) is 15.3 Å². The Morgan fingerprint density at radius 3 is 2.80 bits per heavy atom. The van der Waals surface area contributed by atoms with Gasteiger partial charge in [0.1, 0.15) is 12.1 Å². The van der Waals surface area contributed by atoms with Crippen molar-refractivity contribution in [1.29, 1.82) is 0 Å². The monoisotopic (exact) mass is 211 g/mol. The van der Waals surface area contributed by atoms with E-state index in [1.54, 1.807) is 0 Å². The number of hydrogen-bond acceptors (Lipinski definition) is 4. The molecule has 0 bridgehead atoms. The van der Waals surface area contributed by atoms with E-state index in [1.165, 1.54) is 6.07 Å². The SMILES string of the molecule is OC1(CNc2cc(F)ncn2)CCCC1. The fraction of sp³-hybridized carbons (Fsp3) is 0.600. The maximum atomic E-state index is 12.7. The summed E-state index contributed by atoms with van der Waals surface area (Å²) >= 11 is 0. The molecule has 4 nitrogen and oxygen atoms in total. The fourth-order valence-electron chi connectivity index (χ4n) is 1.90. The molecule has 0 atom stereocenters. The predicted octanol–water partition coefficient (Wildman–Crippen LogP) is 1.33. The Hall–Kier alpha value is -1.23. The summed E-state index contributed by atoms with van der Waals surface area (Å²) in [6, 6.07) is 1.22. The number of aromatic nitrogens is 2. The molecule has 1 heterocycles. The van der Waals surface area contributed by atoms with Gasteiger partial charge in [0.25, 0.3) is 0 Å². The lowest BCUT2D eigenvalue weighted by molar-refractivity contribution is 0.0614. The van der Waals surface area contributed by atoms with Gasteiger partial charge < -0.3 is 10.4 Å². The normalized spacial score (nSPS) is 19.1. The Kier molecular flexibility index (Phi) is 2.81. The molecule has 0 spiro atoms. The minimum Gasteiger partial charge on any atom is -0.388 e. The van der Waals surface area contributed by atoms with E-state index in [4.69, 9.17) is 0 Å². The Morgan fingerprint density at radius 2 is 2.13 bits per heavy atom. The Labute approximate surface area is 87.6 Å². The van der Waals surface area contributed by atoms with E-state index < -0.39 is 11.5 Å². The summed E-state index contributed by atoms with van der Waals surface area (Å²) in [6.45, 7) is 0.420. The first-order valence-corrected chi connectivity index (χ1v) is 5.12. The van der Waals surface area contributed by atoms with Crippen molar-refractivity contribution in [3.8, 4) is 0 Å². The lowest BCUT2D eigenvalue weighted by Gasteiger charge is -2.22. The third-order valence-corrected chi connectivity index (χ3v) is 2.77. The predicted molar refractivity (Wildman–Crippen MR) is 53.9 cm³/mol. The number of rotatable bonds is 3. The van der Waals surface area contributed by atoms with Gasteiger partial charge >= 0.3 is 0 Å². The molecule has 1 saturated carbocycles. The van der Waals surface area contributed by atoms with Crippen LogP contribution < -0.4 is 5.32 Å². The van der Waals surface area contributed by atoms with E-state index in [0.29, 0.717) is 12.4 Å². The smallest absolute Gasteiger partial charge is 0.217 e. The van der Waals surface area contributed by atoms with Crippen molar-refractivity contribution in [3.63, 3.8) is 0 Å². The van der Waals surface area contributed by atoms with Gasteiger partial charge in [-0.25, -0.2) is 9.97 Å². The highest BCUT2D eigenvalue weighted by atomic mass is 19.1. The van der Waals surface area contributed by atoms with E-state index in [1.807, 2.05) is 0 Å². The van der Waals surface area contributed by atoms with Gasteiger partial charge in [0.05, 0.1) is 5.60 Å². The minimum absolute atomic E-state index is 0.419. The van der Waals surface area contributed by atoms with Gasteiger partial charge in [-0.15, -0.1) is 0 Å². The second-order valence-corrected chi connectivity index (χ2v) is 4.01. The van der Waals surface area contributed by atoms with Crippen molar-refractivity contribution in [2.24, 2.45) is 0 Å². The van der Waals surface area contributed by atoms with Crippen LogP contribution in [0.2, 0.25) is 0 Å². The molecule has 1 aliphatic carbocycles. The van der Waals surface area contributed by atoms with Crippen molar-refractivity contribution in [2.75, 3.05) is 11.9 Å². The van der Waals surface area contributed by atoms with Crippen LogP contribution in [0, 0.1) is 5.95 Å². The summed E-state index contributed by atoms with van der Waals surface area (Å²) in [7, 11) is 0. The minimum atomic E-state index is -0.651. The largest absolute Gasteiger partial charge is 0.388 e. The molecule has 1 aliphatic rings. The molecule has 2 rings (SSSR count). The molecule has 0 radical (unpaired) electrons. The number of hydrogen-bond donors (Lipinski definition) is 2. The molecule has 1 fully saturated rings. The molecular formula is C10H14FN3O. The maximum absolute atomic E-state index is 12.7. The molecule has 0 unspecified atom stereocenters. The Bertz CT molecular complexity index is 339. The van der Waals surface area contributed by atoms with Crippen LogP contribution in [0.1, 0.15) is 25.7 Å². The van der Waals surface area contributed by atoms with Crippen LogP contribution >= 0.6 is 0 Å². The molecule has 2 N–H and O–H groups in total. The Balaban J connectivity index is 1.92. The quantitative estimate of drug-likeness (QED) is 0.740. The van der Waals surface area contributed by atoms with Crippen LogP contribution in [0.25, 0.3) is 0 Å².